The third-order valence-electron chi connectivity index (χ3n) is 2.72. The fourth-order valence-electron chi connectivity index (χ4n) is 1.68. The minimum atomic E-state index is 0.442. The van der Waals surface area contributed by atoms with Crippen LogP contribution >= 0.6 is 15.9 Å². The van der Waals surface area contributed by atoms with Gasteiger partial charge in [0.2, 0.25) is 5.82 Å². The molecule has 96 valence electrons. The van der Waals surface area contributed by atoms with Gasteiger partial charge in [0.05, 0.1) is 12.5 Å². The molecule has 0 saturated carbocycles. The lowest BCUT2D eigenvalue weighted by Crippen LogP contribution is -1.91. The van der Waals surface area contributed by atoms with Crippen molar-refractivity contribution in [3.05, 3.63) is 35.2 Å². The molecule has 3 aromatic rings. The van der Waals surface area contributed by atoms with E-state index >= 15 is 0 Å². The molecule has 2 aromatic heterocycles. The van der Waals surface area contributed by atoms with E-state index in [-0.39, 0.29) is 0 Å². The van der Waals surface area contributed by atoms with Gasteiger partial charge in [0, 0.05) is 22.8 Å². The second-order valence-electron chi connectivity index (χ2n) is 4.05. The summed E-state index contributed by atoms with van der Waals surface area (Å²) in [4.78, 5) is 8.38. The van der Waals surface area contributed by atoms with Crippen molar-refractivity contribution in [2.75, 3.05) is 5.73 Å². The summed E-state index contributed by atoms with van der Waals surface area (Å²) in [6, 6.07) is 5.46. The largest absolute Gasteiger partial charge is 0.398 e. The molecule has 0 bridgehead atoms. The van der Waals surface area contributed by atoms with Gasteiger partial charge in [-0.3, -0.25) is 0 Å². The van der Waals surface area contributed by atoms with Crippen molar-refractivity contribution in [2.45, 2.75) is 0 Å². The number of imidazole rings is 1. The topological polar surface area (TPSA) is 82.8 Å². The van der Waals surface area contributed by atoms with Crippen molar-refractivity contribution in [2.24, 2.45) is 7.05 Å². The molecule has 2 heterocycles. The number of hydrogen-bond acceptors (Lipinski definition) is 5. The number of anilines is 1. The molecule has 0 aliphatic heterocycles. The van der Waals surface area contributed by atoms with Gasteiger partial charge in [0.15, 0.2) is 0 Å². The Kier molecular flexibility index (Phi) is 2.83. The predicted octanol–water partition coefficient (Wildman–Crippen LogP) is 2.48. The maximum Gasteiger partial charge on any atom is 0.258 e. The molecule has 0 saturated heterocycles. The van der Waals surface area contributed by atoms with Crippen LogP contribution in [0.5, 0.6) is 0 Å². The van der Waals surface area contributed by atoms with Gasteiger partial charge in [0.25, 0.3) is 5.89 Å². The summed E-state index contributed by atoms with van der Waals surface area (Å²) in [7, 11) is 1.87. The van der Waals surface area contributed by atoms with Crippen LogP contribution in [0.3, 0.4) is 0 Å². The maximum absolute atomic E-state index is 5.74. The Labute approximate surface area is 117 Å². The van der Waals surface area contributed by atoms with Crippen LogP contribution in [-0.2, 0) is 7.05 Å². The van der Waals surface area contributed by atoms with Gasteiger partial charge in [-0.1, -0.05) is 5.16 Å². The molecule has 19 heavy (non-hydrogen) atoms. The highest BCUT2D eigenvalue weighted by atomic mass is 79.9. The van der Waals surface area contributed by atoms with Crippen LogP contribution in [0.4, 0.5) is 5.69 Å². The Hall–Kier alpha value is -2.15. The van der Waals surface area contributed by atoms with E-state index < -0.39 is 0 Å². The van der Waals surface area contributed by atoms with Crippen LogP contribution in [0.15, 0.2) is 39.7 Å². The highest BCUT2D eigenvalue weighted by Gasteiger charge is 2.13. The van der Waals surface area contributed by atoms with Crippen LogP contribution in [0.2, 0.25) is 0 Å². The maximum atomic E-state index is 5.74. The molecule has 0 fully saturated rings. The zero-order chi connectivity index (χ0) is 13.4. The first-order valence-corrected chi connectivity index (χ1v) is 6.30. The van der Waals surface area contributed by atoms with E-state index in [2.05, 4.69) is 31.1 Å². The highest BCUT2D eigenvalue weighted by molar-refractivity contribution is 9.10. The second kappa shape index (κ2) is 4.51. The summed E-state index contributed by atoms with van der Waals surface area (Å²) in [5.41, 5.74) is 8.01. The van der Waals surface area contributed by atoms with Gasteiger partial charge in [-0.2, -0.15) is 4.98 Å². The van der Waals surface area contributed by atoms with Crippen molar-refractivity contribution in [3.8, 4) is 23.0 Å². The van der Waals surface area contributed by atoms with Crippen molar-refractivity contribution >= 4 is 21.6 Å². The molecular formula is C12H10BrN5O. The van der Waals surface area contributed by atoms with E-state index in [0.29, 0.717) is 17.4 Å². The van der Waals surface area contributed by atoms with Crippen molar-refractivity contribution in [1.29, 1.82) is 0 Å². The first kappa shape index (κ1) is 11.9. The third-order valence-corrected chi connectivity index (χ3v) is 3.41. The molecule has 0 amide bonds. The fourth-order valence-corrected chi connectivity index (χ4v) is 2.06. The zero-order valence-corrected chi connectivity index (χ0v) is 11.6. The lowest BCUT2D eigenvalue weighted by Gasteiger charge is -1.99. The van der Waals surface area contributed by atoms with Crippen LogP contribution in [0.1, 0.15) is 0 Å². The average molecular weight is 320 g/mol. The first-order valence-electron chi connectivity index (χ1n) is 5.51. The second-order valence-corrected chi connectivity index (χ2v) is 4.90. The molecule has 0 aliphatic rings. The van der Waals surface area contributed by atoms with Gasteiger partial charge in [-0.15, -0.1) is 0 Å². The van der Waals surface area contributed by atoms with Crippen molar-refractivity contribution in [1.82, 2.24) is 19.7 Å². The lowest BCUT2D eigenvalue weighted by molar-refractivity contribution is 0.432. The molecule has 0 radical (unpaired) electrons. The van der Waals surface area contributed by atoms with E-state index in [1.165, 1.54) is 0 Å². The summed E-state index contributed by atoms with van der Waals surface area (Å²) in [6.45, 7) is 0. The summed E-state index contributed by atoms with van der Waals surface area (Å²) in [6.07, 6.45) is 3.37. The number of nitrogen functional groups attached to an aromatic ring is 1. The third kappa shape index (κ3) is 2.12. The van der Waals surface area contributed by atoms with Crippen LogP contribution in [0.25, 0.3) is 23.0 Å². The van der Waals surface area contributed by atoms with E-state index in [9.17, 15) is 0 Å². The van der Waals surface area contributed by atoms with Gasteiger partial charge in [0.1, 0.15) is 5.69 Å². The Morgan fingerprint density at radius 3 is 2.89 bits per heavy atom. The number of hydrogen-bond donors (Lipinski definition) is 1. The van der Waals surface area contributed by atoms with E-state index in [1.807, 2.05) is 23.7 Å². The Morgan fingerprint density at radius 2 is 2.21 bits per heavy atom. The van der Waals surface area contributed by atoms with Crippen molar-refractivity contribution in [3.63, 3.8) is 0 Å². The average Bonchev–Trinajstić information content (AvgIpc) is 3.01. The van der Waals surface area contributed by atoms with Gasteiger partial charge >= 0.3 is 0 Å². The lowest BCUT2D eigenvalue weighted by atomic mass is 10.2. The normalized spacial score (nSPS) is 10.8. The zero-order valence-electron chi connectivity index (χ0n) is 10.0. The number of benzene rings is 1. The Balaban J connectivity index is 2.01. The van der Waals surface area contributed by atoms with Gasteiger partial charge in [-0.25, -0.2) is 4.98 Å². The standard InChI is InChI=1S/C12H10BrN5O/c1-18-6-15-5-10(18)11-16-12(19-17-11)7-2-3-9(14)8(13)4-7/h2-6H,14H2,1H3. The SMILES string of the molecule is Cn1cncc1-c1noc(-c2ccc(N)c(Br)c2)n1. The summed E-state index contributed by atoms with van der Waals surface area (Å²) in [5.74, 6) is 0.944. The van der Waals surface area contributed by atoms with Crippen LogP contribution in [-0.4, -0.2) is 19.7 Å². The molecule has 0 spiro atoms. The Morgan fingerprint density at radius 1 is 1.37 bits per heavy atom. The summed E-state index contributed by atoms with van der Waals surface area (Å²) >= 11 is 3.37. The fraction of sp³-hybridized carbons (Fsp3) is 0.0833. The molecular weight excluding hydrogens is 310 g/mol. The van der Waals surface area contributed by atoms with Gasteiger partial charge in [-0.05, 0) is 34.1 Å². The quantitative estimate of drug-likeness (QED) is 0.734. The highest BCUT2D eigenvalue weighted by Crippen LogP contribution is 2.27. The van der Waals surface area contributed by atoms with Gasteiger partial charge < -0.3 is 14.8 Å². The molecule has 0 unspecified atom stereocenters. The van der Waals surface area contributed by atoms with Crippen molar-refractivity contribution < 1.29 is 4.52 Å². The monoisotopic (exact) mass is 319 g/mol. The van der Waals surface area contributed by atoms with Crippen LogP contribution < -0.4 is 5.73 Å². The van der Waals surface area contributed by atoms with Crippen LogP contribution in [0, 0.1) is 0 Å². The Bertz CT molecular complexity index is 733. The summed E-state index contributed by atoms with van der Waals surface area (Å²) < 4.78 is 7.88. The molecule has 3 rings (SSSR count). The smallest absolute Gasteiger partial charge is 0.258 e. The number of aromatic nitrogens is 4. The molecule has 0 aliphatic carbocycles. The number of rotatable bonds is 2. The number of halogens is 1. The molecule has 0 atom stereocenters. The van der Waals surface area contributed by atoms with E-state index in [1.54, 1.807) is 18.6 Å². The number of nitrogens with zero attached hydrogens (tertiary/aromatic N) is 4. The van der Waals surface area contributed by atoms with E-state index in [0.717, 1.165) is 15.7 Å². The molecule has 2 N–H and O–H groups in total. The minimum Gasteiger partial charge on any atom is -0.398 e. The number of nitrogens with two attached hydrogens (primary N) is 1. The molecule has 7 heteroatoms. The first-order chi connectivity index (χ1) is 9.15. The number of aryl methyl sites for hydroxylation is 1. The summed E-state index contributed by atoms with van der Waals surface area (Å²) in [5, 5.41) is 3.95. The molecule has 6 nitrogen and oxygen atoms in total. The predicted molar refractivity (Wildman–Crippen MR) is 74.0 cm³/mol. The minimum absolute atomic E-state index is 0.442. The molecule has 1 aromatic carbocycles. The van der Waals surface area contributed by atoms with E-state index in [4.69, 9.17) is 10.3 Å².